The maximum atomic E-state index is 12.9. The van der Waals surface area contributed by atoms with Gasteiger partial charge in [-0.2, -0.15) is 4.31 Å². The summed E-state index contributed by atoms with van der Waals surface area (Å²) in [5.74, 6) is -0.0311. The number of sulfonamides is 1. The number of hydrogen-bond acceptors (Lipinski definition) is 3. The Bertz CT molecular complexity index is 713. The van der Waals surface area contributed by atoms with E-state index in [0.717, 1.165) is 45.1 Å². The fourth-order valence-corrected chi connectivity index (χ4v) is 5.33. The van der Waals surface area contributed by atoms with Gasteiger partial charge < -0.3 is 4.90 Å². The summed E-state index contributed by atoms with van der Waals surface area (Å²) < 4.78 is 27.4. The quantitative estimate of drug-likeness (QED) is 0.618. The fraction of sp³-hybridized carbons (Fsp3) is 0.667. The Morgan fingerprint density at radius 2 is 1.85 bits per heavy atom. The summed E-state index contributed by atoms with van der Waals surface area (Å²) in [4.78, 5) is 15.0. The number of unbranched alkanes of at least 4 members (excludes halogenated alkanes) is 2. The molecule has 1 unspecified atom stereocenters. The SMILES string of the molecule is CCCCCN(C(=O)c1ccc(S(=O)(=O)N2CCCCC2C)cc1)C(C)C. The van der Waals surface area contributed by atoms with Gasteiger partial charge in [0.2, 0.25) is 10.0 Å². The van der Waals surface area contributed by atoms with Crippen LogP contribution in [-0.4, -0.2) is 48.7 Å². The molecule has 1 atom stereocenters. The number of benzene rings is 1. The Morgan fingerprint density at radius 3 is 2.41 bits per heavy atom. The molecule has 0 aliphatic carbocycles. The van der Waals surface area contributed by atoms with Gasteiger partial charge in [0, 0.05) is 30.7 Å². The minimum Gasteiger partial charge on any atom is -0.336 e. The van der Waals surface area contributed by atoms with Crippen molar-refractivity contribution in [3.8, 4) is 0 Å². The Kier molecular flexibility index (Phi) is 7.86. The van der Waals surface area contributed by atoms with Gasteiger partial charge in [-0.3, -0.25) is 4.79 Å². The molecule has 0 saturated carbocycles. The van der Waals surface area contributed by atoms with Gasteiger partial charge in [0.05, 0.1) is 4.90 Å². The first-order valence-corrected chi connectivity index (χ1v) is 11.7. The first-order chi connectivity index (χ1) is 12.8. The molecule has 1 fully saturated rings. The molecule has 0 spiro atoms. The van der Waals surface area contributed by atoms with E-state index in [9.17, 15) is 13.2 Å². The lowest BCUT2D eigenvalue weighted by atomic mass is 10.1. The van der Waals surface area contributed by atoms with Gasteiger partial charge >= 0.3 is 0 Å². The average molecular weight is 395 g/mol. The zero-order valence-electron chi connectivity index (χ0n) is 17.1. The highest BCUT2D eigenvalue weighted by atomic mass is 32.2. The predicted molar refractivity (Wildman–Crippen MR) is 109 cm³/mol. The van der Waals surface area contributed by atoms with Crippen LogP contribution in [0.2, 0.25) is 0 Å². The molecule has 0 aromatic heterocycles. The van der Waals surface area contributed by atoms with Crippen LogP contribution >= 0.6 is 0 Å². The van der Waals surface area contributed by atoms with E-state index < -0.39 is 10.0 Å². The van der Waals surface area contributed by atoms with Crippen LogP contribution < -0.4 is 0 Å². The second kappa shape index (κ2) is 9.69. The van der Waals surface area contributed by atoms with E-state index in [1.54, 1.807) is 28.6 Å². The maximum absolute atomic E-state index is 12.9. The zero-order valence-corrected chi connectivity index (χ0v) is 18.0. The third-order valence-electron chi connectivity index (χ3n) is 5.34. The molecule has 2 rings (SSSR count). The Hall–Kier alpha value is -1.40. The van der Waals surface area contributed by atoms with Crippen molar-refractivity contribution in [1.82, 2.24) is 9.21 Å². The summed E-state index contributed by atoms with van der Waals surface area (Å²) in [6.45, 7) is 9.44. The van der Waals surface area contributed by atoms with Crippen molar-refractivity contribution in [2.75, 3.05) is 13.1 Å². The maximum Gasteiger partial charge on any atom is 0.254 e. The smallest absolute Gasteiger partial charge is 0.254 e. The van der Waals surface area contributed by atoms with Gasteiger partial charge in [0.25, 0.3) is 5.91 Å². The summed E-state index contributed by atoms with van der Waals surface area (Å²) in [7, 11) is -3.50. The van der Waals surface area contributed by atoms with Crippen molar-refractivity contribution >= 4 is 15.9 Å². The normalized spacial score (nSPS) is 18.6. The van der Waals surface area contributed by atoms with Crippen molar-refractivity contribution in [2.45, 2.75) is 83.2 Å². The number of piperidine rings is 1. The molecule has 0 radical (unpaired) electrons. The molecule has 5 nitrogen and oxygen atoms in total. The van der Waals surface area contributed by atoms with Crippen molar-refractivity contribution in [3.63, 3.8) is 0 Å². The summed E-state index contributed by atoms with van der Waals surface area (Å²) in [5, 5.41) is 0. The van der Waals surface area contributed by atoms with Gasteiger partial charge in [-0.15, -0.1) is 0 Å². The van der Waals surface area contributed by atoms with E-state index >= 15 is 0 Å². The van der Waals surface area contributed by atoms with Crippen LogP contribution in [0.5, 0.6) is 0 Å². The highest BCUT2D eigenvalue weighted by Crippen LogP contribution is 2.25. The lowest BCUT2D eigenvalue weighted by Crippen LogP contribution is -2.42. The molecule has 0 bridgehead atoms. The summed E-state index contributed by atoms with van der Waals surface area (Å²) >= 11 is 0. The van der Waals surface area contributed by atoms with E-state index in [2.05, 4.69) is 6.92 Å². The van der Waals surface area contributed by atoms with Gasteiger partial charge in [0.1, 0.15) is 0 Å². The molecule has 1 amide bonds. The van der Waals surface area contributed by atoms with Crippen molar-refractivity contribution < 1.29 is 13.2 Å². The first kappa shape index (κ1) is 21.9. The highest BCUT2D eigenvalue weighted by molar-refractivity contribution is 7.89. The van der Waals surface area contributed by atoms with Crippen LogP contribution in [-0.2, 0) is 10.0 Å². The lowest BCUT2D eigenvalue weighted by molar-refractivity contribution is 0.0702. The molecule has 1 aromatic rings. The first-order valence-electron chi connectivity index (χ1n) is 10.2. The number of carbonyl (C=O) groups is 1. The molecule has 27 heavy (non-hydrogen) atoms. The Balaban J connectivity index is 2.16. The third kappa shape index (κ3) is 5.32. The van der Waals surface area contributed by atoms with E-state index in [1.165, 1.54) is 0 Å². The molecule has 1 aromatic carbocycles. The Morgan fingerprint density at radius 1 is 1.19 bits per heavy atom. The van der Waals surface area contributed by atoms with Crippen molar-refractivity contribution in [3.05, 3.63) is 29.8 Å². The molecule has 1 heterocycles. The van der Waals surface area contributed by atoms with E-state index in [-0.39, 0.29) is 22.9 Å². The second-order valence-electron chi connectivity index (χ2n) is 7.78. The predicted octanol–water partition coefficient (Wildman–Crippen LogP) is 4.29. The molecule has 6 heteroatoms. The van der Waals surface area contributed by atoms with Gasteiger partial charge in [-0.05, 0) is 64.3 Å². The fourth-order valence-electron chi connectivity index (χ4n) is 3.63. The second-order valence-corrected chi connectivity index (χ2v) is 9.67. The number of carbonyl (C=O) groups excluding carboxylic acids is 1. The lowest BCUT2D eigenvalue weighted by Gasteiger charge is -2.32. The summed E-state index contributed by atoms with van der Waals surface area (Å²) in [6.07, 6.45) is 6.07. The number of rotatable bonds is 8. The summed E-state index contributed by atoms with van der Waals surface area (Å²) in [6, 6.07) is 6.60. The van der Waals surface area contributed by atoms with Gasteiger partial charge in [-0.1, -0.05) is 26.2 Å². The van der Waals surface area contributed by atoms with Crippen LogP contribution in [0.3, 0.4) is 0 Å². The summed E-state index contributed by atoms with van der Waals surface area (Å²) in [5.41, 5.74) is 0.547. The minimum absolute atomic E-state index is 0.0278. The van der Waals surface area contributed by atoms with Crippen molar-refractivity contribution in [2.24, 2.45) is 0 Å². The zero-order chi connectivity index (χ0) is 20.0. The van der Waals surface area contributed by atoms with Gasteiger partial charge in [-0.25, -0.2) is 8.42 Å². The molecule has 1 aliphatic rings. The molecular formula is C21H34N2O3S. The Labute approximate surface area is 164 Å². The van der Waals surface area contributed by atoms with E-state index in [1.807, 2.05) is 25.7 Å². The van der Waals surface area contributed by atoms with Crippen LogP contribution in [0.4, 0.5) is 0 Å². The standard InChI is InChI=1S/C21H34N2O3S/c1-5-6-8-15-22(17(2)3)21(24)19-11-13-20(14-12-19)27(25,26)23-16-9-7-10-18(23)4/h11-14,17-18H,5-10,15-16H2,1-4H3. The molecular weight excluding hydrogens is 360 g/mol. The minimum atomic E-state index is -3.50. The van der Waals surface area contributed by atoms with Gasteiger partial charge in [0.15, 0.2) is 0 Å². The molecule has 0 N–H and O–H groups in total. The van der Waals surface area contributed by atoms with E-state index in [0.29, 0.717) is 12.1 Å². The highest BCUT2D eigenvalue weighted by Gasteiger charge is 2.31. The van der Waals surface area contributed by atoms with Crippen LogP contribution in [0.15, 0.2) is 29.2 Å². The average Bonchev–Trinajstić information content (AvgIpc) is 2.65. The third-order valence-corrected chi connectivity index (χ3v) is 7.36. The monoisotopic (exact) mass is 394 g/mol. The number of amides is 1. The molecule has 1 aliphatic heterocycles. The molecule has 1 saturated heterocycles. The molecule has 152 valence electrons. The van der Waals surface area contributed by atoms with E-state index in [4.69, 9.17) is 0 Å². The topological polar surface area (TPSA) is 57.7 Å². The number of hydrogen-bond donors (Lipinski definition) is 0. The van der Waals surface area contributed by atoms with Crippen LogP contribution in [0.25, 0.3) is 0 Å². The number of nitrogens with zero attached hydrogens (tertiary/aromatic N) is 2. The van der Waals surface area contributed by atoms with Crippen LogP contribution in [0, 0.1) is 0 Å². The van der Waals surface area contributed by atoms with Crippen molar-refractivity contribution in [1.29, 1.82) is 0 Å². The largest absolute Gasteiger partial charge is 0.336 e. The van der Waals surface area contributed by atoms with Crippen LogP contribution in [0.1, 0.15) is 76.6 Å².